The molecule has 5 heteroatoms. The second-order valence-corrected chi connectivity index (χ2v) is 6.73. The van der Waals surface area contributed by atoms with Crippen LogP contribution < -0.4 is 4.74 Å². The first-order chi connectivity index (χ1) is 12.3. The minimum absolute atomic E-state index is 0.0132. The van der Waals surface area contributed by atoms with Crippen molar-refractivity contribution >= 4 is 22.8 Å². The van der Waals surface area contributed by atoms with Crippen LogP contribution in [0.5, 0.6) is 5.75 Å². The molecule has 124 valence electrons. The largest absolute Gasteiger partial charge is 0.497 e. The highest BCUT2D eigenvalue weighted by molar-refractivity contribution is 7.99. The van der Waals surface area contributed by atoms with Gasteiger partial charge in [0.1, 0.15) is 16.6 Å². The summed E-state index contributed by atoms with van der Waals surface area (Å²) in [4.78, 5) is 1.18. The molecule has 4 rings (SSSR count). The zero-order valence-corrected chi connectivity index (χ0v) is 14.6. The number of nitrogens with zero attached hydrogens (tertiary/aromatic N) is 3. The fraction of sp³-hybridized carbons (Fsp3) is 0.100. The Kier molecular flexibility index (Phi) is 4.39. The number of ether oxygens (including phenoxy) is 1. The fourth-order valence-corrected chi connectivity index (χ4v) is 3.84. The SMILES string of the molecule is COc1ccc(C(Sc2ccccc2)n2nnc3ccccc32)cc1. The highest BCUT2D eigenvalue weighted by Gasteiger charge is 2.19. The normalized spacial score (nSPS) is 12.2. The number of hydrogen-bond acceptors (Lipinski definition) is 4. The molecule has 1 atom stereocenters. The van der Waals surface area contributed by atoms with Crippen molar-refractivity contribution in [3.8, 4) is 5.75 Å². The third-order valence-corrected chi connectivity index (χ3v) is 5.23. The van der Waals surface area contributed by atoms with Crippen molar-refractivity contribution < 1.29 is 4.74 Å². The van der Waals surface area contributed by atoms with E-state index in [1.54, 1.807) is 18.9 Å². The molecule has 1 heterocycles. The first-order valence-corrected chi connectivity index (χ1v) is 8.89. The predicted octanol–water partition coefficient (Wildman–Crippen LogP) is 4.78. The fourth-order valence-electron chi connectivity index (χ4n) is 2.72. The van der Waals surface area contributed by atoms with Crippen LogP contribution in [-0.4, -0.2) is 22.1 Å². The maximum Gasteiger partial charge on any atom is 0.129 e. The molecule has 0 fully saturated rings. The van der Waals surface area contributed by atoms with Gasteiger partial charge in [0.2, 0.25) is 0 Å². The molecular formula is C20H17N3OS. The number of thioether (sulfide) groups is 1. The summed E-state index contributed by atoms with van der Waals surface area (Å²) in [6.07, 6.45) is 0. The van der Waals surface area contributed by atoms with Gasteiger partial charge < -0.3 is 4.74 Å². The highest BCUT2D eigenvalue weighted by Crippen LogP contribution is 2.38. The summed E-state index contributed by atoms with van der Waals surface area (Å²) in [6, 6.07) is 26.5. The Hall–Kier alpha value is -2.79. The Morgan fingerprint density at radius 1 is 0.880 bits per heavy atom. The monoisotopic (exact) mass is 347 g/mol. The molecule has 3 aromatic carbocycles. The van der Waals surface area contributed by atoms with Gasteiger partial charge in [-0.2, -0.15) is 0 Å². The zero-order valence-electron chi connectivity index (χ0n) is 13.7. The van der Waals surface area contributed by atoms with E-state index >= 15 is 0 Å². The molecule has 0 bridgehead atoms. The molecule has 1 unspecified atom stereocenters. The van der Waals surface area contributed by atoms with Crippen LogP contribution in [0.1, 0.15) is 10.9 Å². The number of para-hydroxylation sites is 1. The molecule has 0 N–H and O–H groups in total. The van der Waals surface area contributed by atoms with E-state index in [9.17, 15) is 0 Å². The summed E-state index contributed by atoms with van der Waals surface area (Å²) in [7, 11) is 1.68. The van der Waals surface area contributed by atoms with Crippen molar-refractivity contribution in [2.45, 2.75) is 10.3 Å². The first-order valence-electron chi connectivity index (χ1n) is 8.01. The number of methoxy groups -OCH3 is 1. The van der Waals surface area contributed by atoms with Gasteiger partial charge in [0.25, 0.3) is 0 Å². The average Bonchev–Trinajstić information content (AvgIpc) is 3.11. The van der Waals surface area contributed by atoms with E-state index in [2.05, 4.69) is 40.6 Å². The van der Waals surface area contributed by atoms with Gasteiger partial charge in [-0.3, -0.25) is 0 Å². The van der Waals surface area contributed by atoms with Gasteiger partial charge in [0.05, 0.1) is 12.6 Å². The standard InChI is InChI=1S/C20H17N3OS/c1-24-16-13-11-15(12-14-16)20(25-17-7-3-2-4-8-17)23-19-10-6-5-9-18(19)21-22-23/h2-14,20H,1H3. The molecule has 4 aromatic rings. The number of hydrogen-bond donors (Lipinski definition) is 0. The summed E-state index contributed by atoms with van der Waals surface area (Å²) < 4.78 is 7.27. The Balaban J connectivity index is 1.79. The number of aromatic nitrogens is 3. The Morgan fingerprint density at radius 2 is 1.60 bits per heavy atom. The molecule has 0 amide bonds. The maximum absolute atomic E-state index is 5.29. The summed E-state index contributed by atoms with van der Waals surface area (Å²) in [5, 5.41) is 8.73. The van der Waals surface area contributed by atoms with E-state index in [-0.39, 0.29) is 5.37 Å². The lowest BCUT2D eigenvalue weighted by atomic mass is 10.2. The lowest BCUT2D eigenvalue weighted by molar-refractivity contribution is 0.414. The minimum atomic E-state index is -0.0132. The third-order valence-electron chi connectivity index (χ3n) is 3.99. The van der Waals surface area contributed by atoms with Gasteiger partial charge in [-0.15, -0.1) is 5.10 Å². The van der Waals surface area contributed by atoms with E-state index in [1.165, 1.54) is 4.90 Å². The van der Waals surface area contributed by atoms with E-state index in [4.69, 9.17) is 4.74 Å². The number of fused-ring (bicyclic) bond motifs is 1. The van der Waals surface area contributed by atoms with E-state index in [0.29, 0.717) is 0 Å². The molecule has 0 aliphatic heterocycles. The van der Waals surface area contributed by atoms with E-state index in [1.807, 2.05) is 53.2 Å². The summed E-state index contributed by atoms with van der Waals surface area (Å²) >= 11 is 1.75. The van der Waals surface area contributed by atoms with Crippen molar-refractivity contribution in [3.05, 3.63) is 84.4 Å². The van der Waals surface area contributed by atoms with Crippen LogP contribution in [0.4, 0.5) is 0 Å². The van der Waals surface area contributed by atoms with Crippen molar-refractivity contribution in [1.82, 2.24) is 15.0 Å². The second-order valence-electron chi connectivity index (χ2n) is 5.58. The Bertz CT molecular complexity index is 967. The molecule has 1 aromatic heterocycles. The van der Waals surface area contributed by atoms with Crippen LogP contribution in [0.3, 0.4) is 0 Å². The molecule has 0 aliphatic carbocycles. The summed E-state index contributed by atoms with van der Waals surface area (Å²) in [6.45, 7) is 0. The van der Waals surface area contributed by atoms with Crippen LogP contribution >= 0.6 is 11.8 Å². The third kappa shape index (κ3) is 3.23. The van der Waals surface area contributed by atoms with Crippen LogP contribution in [0.15, 0.2) is 83.8 Å². The van der Waals surface area contributed by atoms with E-state index < -0.39 is 0 Å². The van der Waals surface area contributed by atoms with Gasteiger partial charge in [-0.25, -0.2) is 4.68 Å². The van der Waals surface area contributed by atoms with Crippen LogP contribution in [0, 0.1) is 0 Å². The Morgan fingerprint density at radius 3 is 2.36 bits per heavy atom. The van der Waals surface area contributed by atoms with Crippen molar-refractivity contribution in [1.29, 1.82) is 0 Å². The van der Waals surface area contributed by atoms with Gasteiger partial charge in [-0.05, 0) is 42.0 Å². The molecule has 0 saturated carbocycles. The molecule has 0 spiro atoms. The molecule has 0 saturated heterocycles. The lowest BCUT2D eigenvalue weighted by Gasteiger charge is -2.18. The van der Waals surface area contributed by atoms with Crippen molar-refractivity contribution in [3.63, 3.8) is 0 Å². The topological polar surface area (TPSA) is 39.9 Å². The molecule has 0 aliphatic rings. The molecular weight excluding hydrogens is 330 g/mol. The van der Waals surface area contributed by atoms with Gasteiger partial charge in [0, 0.05) is 4.90 Å². The summed E-state index contributed by atoms with van der Waals surface area (Å²) in [5.41, 5.74) is 3.06. The predicted molar refractivity (Wildman–Crippen MR) is 101 cm³/mol. The highest BCUT2D eigenvalue weighted by atomic mass is 32.2. The number of rotatable bonds is 5. The maximum atomic E-state index is 5.29. The second kappa shape index (κ2) is 6.99. The van der Waals surface area contributed by atoms with Crippen LogP contribution in [0.2, 0.25) is 0 Å². The minimum Gasteiger partial charge on any atom is -0.497 e. The molecule has 25 heavy (non-hydrogen) atoms. The first kappa shape index (κ1) is 15.7. The number of benzene rings is 3. The van der Waals surface area contributed by atoms with Crippen molar-refractivity contribution in [2.75, 3.05) is 7.11 Å². The zero-order chi connectivity index (χ0) is 17.1. The Labute approximate surface area is 150 Å². The lowest BCUT2D eigenvalue weighted by Crippen LogP contribution is -2.09. The smallest absolute Gasteiger partial charge is 0.129 e. The summed E-state index contributed by atoms with van der Waals surface area (Å²) in [5.74, 6) is 0.843. The van der Waals surface area contributed by atoms with Crippen LogP contribution in [-0.2, 0) is 0 Å². The quantitative estimate of drug-likeness (QED) is 0.487. The van der Waals surface area contributed by atoms with Gasteiger partial charge >= 0.3 is 0 Å². The average molecular weight is 347 g/mol. The van der Waals surface area contributed by atoms with Crippen LogP contribution in [0.25, 0.3) is 11.0 Å². The van der Waals surface area contributed by atoms with Crippen molar-refractivity contribution in [2.24, 2.45) is 0 Å². The molecule has 4 nitrogen and oxygen atoms in total. The van der Waals surface area contributed by atoms with Gasteiger partial charge in [-0.1, -0.05) is 59.4 Å². The van der Waals surface area contributed by atoms with E-state index in [0.717, 1.165) is 22.3 Å². The van der Waals surface area contributed by atoms with Gasteiger partial charge in [0.15, 0.2) is 0 Å². The molecule has 0 radical (unpaired) electrons.